The monoisotopic (exact) mass is 395 g/mol. The number of thiophene rings is 1. The van der Waals surface area contributed by atoms with E-state index in [0.717, 1.165) is 19.5 Å². The van der Waals surface area contributed by atoms with Crippen LogP contribution in [0.25, 0.3) is 0 Å². The molecule has 2 aromatic heterocycles. The third-order valence-electron chi connectivity index (χ3n) is 2.85. The number of hydrogen-bond donors (Lipinski definition) is 1. The molecule has 4 nitrogen and oxygen atoms in total. The Kier molecular flexibility index (Phi) is 4.96. The van der Waals surface area contributed by atoms with Crippen molar-refractivity contribution in [2.75, 3.05) is 0 Å². The van der Waals surface area contributed by atoms with Crippen LogP contribution in [-0.4, -0.2) is 15.7 Å². The Morgan fingerprint density at radius 2 is 2.14 bits per heavy atom. The van der Waals surface area contributed by atoms with Crippen molar-refractivity contribution in [3.63, 3.8) is 0 Å². The molecule has 0 radical (unpaired) electrons. The fourth-order valence-corrected chi connectivity index (χ4v) is 3.33. The van der Waals surface area contributed by atoms with Crippen LogP contribution >= 0.6 is 27.3 Å². The largest absolute Gasteiger partial charge is 0.433 e. The molecule has 0 bridgehead atoms. The lowest BCUT2D eigenvalue weighted by molar-refractivity contribution is -0.145. The molecule has 0 unspecified atom stereocenters. The average Bonchev–Trinajstić information content (AvgIpc) is 3.01. The summed E-state index contributed by atoms with van der Waals surface area (Å²) in [7, 11) is 0. The van der Waals surface area contributed by atoms with Crippen LogP contribution in [0, 0.1) is 0 Å². The Hall–Kier alpha value is -1.35. The summed E-state index contributed by atoms with van der Waals surface area (Å²) in [5, 5.41) is 6.18. The van der Waals surface area contributed by atoms with E-state index in [1.807, 2.05) is 6.07 Å². The van der Waals surface area contributed by atoms with Gasteiger partial charge in [0.05, 0.1) is 22.1 Å². The van der Waals surface area contributed by atoms with Gasteiger partial charge >= 0.3 is 6.18 Å². The predicted octanol–water partition coefficient (Wildman–Crippen LogP) is 4.24. The Labute approximate surface area is 137 Å². The quantitative estimate of drug-likeness (QED) is 0.841. The second-order valence-corrected chi connectivity index (χ2v) is 7.38. The first kappa shape index (κ1) is 17.0. The molecule has 0 spiro atoms. The minimum Gasteiger partial charge on any atom is -0.347 e. The van der Waals surface area contributed by atoms with Crippen molar-refractivity contribution in [2.24, 2.45) is 0 Å². The summed E-state index contributed by atoms with van der Waals surface area (Å²) in [6, 6.07) is 3.10. The van der Waals surface area contributed by atoms with Gasteiger partial charge in [-0.25, -0.2) is 0 Å². The van der Waals surface area contributed by atoms with Crippen LogP contribution in [0.1, 0.15) is 40.8 Å². The first-order valence-corrected chi connectivity index (χ1v) is 7.98. The van der Waals surface area contributed by atoms with E-state index in [1.54, 1.807) is 19.9 Å². The third kappa shape index (κ3) is 3.70. The molecule has 9 heteroatoms. The number of carbonyl (C=O) groups excluding carboxylic acids is 1. The van der Waals surface area contributed by atoms with Gasteiger partial charge in [0.1, 0.15) is 0 Å². The highest BCUT2D eigenvalue weighted by Crippen LogP contribution is 2.33. The standard InChI is InChI=1S/C13H13BrF3N3OS/c1-7(2)20-11(13(15,16)17)9(6-19-20)12(21)18-5-8-3-4-10(14)22-8/h3-4,6-7H,5H2,1-2H3,(H,18,21). The number of nitrogens with zero attached hydrogens (tertiary/aromatic N) is 2. The van der Waals surface area contributed by atoms with E-state index in [4.69, 9.17) is 0 Å². The third-order valence-corrected chi connectivity index (χ3v) is 4.47. The van der Waals surface area contributed by atoms with Gasteiger partial charge in [-0.05, 0) is 41.9 Å². The van der Waals surface area contributed by atoms with Crippen LogP contribution in [0.2, 0.25) is 0 Å². The SMILES string of the molecule is CC(C)n1ncc(C(=O)NCc2ccc(Br)s2)c1C(F)(F)F. The molecule has 1 N–H and O–H groups in total. The molecule has 2 heterocycles. The van der Waals surface area contributed by atoms with Gasteiger partial charge in [-0.15, -0.1) is 11.3 Å². The highest BCUT2D eigenvalue weighted by molar-refractivity contribution is 9.11. The fourth-order valence-electron chi connectivity index (χ4n) is 1.91. The summed E-state index contributed by atoms with van der Waals surface area (Å²) < 4.78 is 41.3. The molecular weight excluding hydrogens is 383 g/mol. The highest BCUT2D eigenvalue weighted by Gasteiger charge is 2.40. The van der Waals surface area contributed by atoms with Gasteiger partial charge in [0.2, 0.25) is 0 Å². The molecule has 0 saturated heterocycles. The number of carbonyl (C=O) groups is 1. The molecule has 0 aliphatic carbocycles. The van der Waals surface area contributed by atoms with Crippen molar-refractivity contribution in [3.05, 3.63) is 38.3 Å². The zero-order chi connectivity index (χ0) is 16.5. The van der Waals surface area contributed by atoms with Crippen molar-refractivity contribution in [1.82, 2.24) is 15.1 Å². The second-order valence-electron chi connectivity index (χ2n) is 4.83. The van der Waals surface area contributed by atoms with Crippen LogP contribution in [0.5, 0.6) is 0 Å². The van der Waals surface area contributed by atoms with E-state index in [1.165, 1.54) is 11.3 Å². The van der Waals surface area contributed by atoms with Crippen LogP contribution in [0.4, 0.5) is 13.2 Å². The topological polar surface area (TPSA) is 46.9 Å². The molecule has 0 aliphatic heterocycles. The lowest BCUT2D eigenvalue weighted by Gasteiger charge is -2.15. The molecule has 1 amide bonds. The Morgan fingerprint density at radius 1 is 1.45 bits per heavy atom. The smallest absolute Gasteiger partial charge is 0.347 e. The van der Waals surface area contributed by atoms with Crippen molar-refractivity contribution in [3.8, 4) is 0 Å². The van der Waals surface area contributed by atoms with Crippen molar-refractivity contribution >= 4 is 33.2 Å². The Morgan fingerprint density at radius 3 is 2.64 bits per heavy atom. The molecule has 0 aliphatic rings. The molecule has 0 saturated carbocycles. The number of aromatic nitrogens is 2. The number of rotatable bonds is 4. The van der Waals surface area contributed by atoms with Crippen LogP contribution in [0.15, 0.2) is 22.1 Å². The Balaban J connectivity index is 2.22. The van der Waals surface area contributed by atoms with Gasteiger partial charge in [-0.2, -0.15) is 18.3 Å². The molecule has 22 heavy (non-hydrogen) atoms. The minimum atomic E-state index is -4.64. The molecule has 0 fully saturated rings. The van der Waals surface area contributed by atoms with Gasteiger partial charge in [0.15, 0.2) is 5.69 Å². The summed E-state index contributed by atoms with van der Waals surface area (Å²) in [5.74, 6) is -0.788. The van der Waals surface area contributed by atoms with Gasteiger partial charge in [0.25, 0.3) is 5.91 Å². The summed E-state index contributed by atoms with van der Waals surface area (Å²) >= 11 is 4.69. The average molecular weight is 396 g/mol. The van der Waals surface area contributed by atoms with E-state index in [9.17, 15) is 18.0 Å². The zero-order valence-electron chi connectivity index (χ0n) is 11.7. The summed E-state index contributed by atoms with van der Waals surface area (Å²) in [6.45, 7) is 3.32. The lowest BCUT2D eigenvalue weighted by Crippen LogP contribution is -2.26. The van der Waals surface area contributed by atoms with E-state index >= 15 is 0 Å². The van der Waals surface area contributed by atoms with E-state index in [-0.39, 0.29) is 6.54 Å². The van der Waals surface area contributed by atoms with E-state index in [2.05, 4.69) is 26.3 Å². The van der Waals surface area contributed by atoms with Gasteiger partial charge in [-0.1, -0.05) is 0 Å². The highest BCUT2D eigenvalue weighted by atomic mass is 79.9. The molecule has 0 atom stereocenters. The predicted molar refractivity (Wildman–Crippen MR) is 80.8 cm³/mol. The first-order valence-electron chi connectivity index (χ1n) is 6.37. The van der Waals surface area contributed by atoms with Crippen molar-refractivity contribution < 1.29 is 18.0 Å². The van der Waals surface area contributed by atoms with Gasteiger partial charge in [-0.3, -0.25) is 9.48 Å². The molecule has 2 aromatic rings. The molecular formula is C13H13BrF3N3OS. The van der Waals surface area contributed by atoms with Crippen molar-refractivity contribution in [1.29, 1.82) is 0 Å². The summed E-state index contributed by atoms with van der Waals surface area (Å²) in [5.41, 5.74) is -1.48. The maximum Gasteiger partial charge on any atom is 0.433 e. The number of hydrogen-bond acceptors (Lipinski definition) is 3. The number of halogens is 4. The Bertz CT molecular complexity index is 678. The molecule has 0 aromatic carbocycles. The van der Waals surface area contributed by atoms with Crippen LogP contribution in [0.3, 0.4) is 0 Å². The van der Waals surface area contributed by atoms with Crippen molar-refractivity contribution in [2.45, 2.75) is 32.6 Å². The van der Waals surface area contributed by atoms with Crippen LogP contribution < -0.4 is 5.32 Å². The summed E-state index contributed by atoms with van der Waals surface area (Å²) in [4.78, 5) is 12.9. The number of amides is 1. The molecule has 2 rings (SSSR count). The normalized spacial score (nSPS) is 12.0. The molecule has 120 valence electrons. The maximum absolute atomic E-state index is 13.2. The number of nitrogens with one attached hydrogen (secondary N) is 1. The zero-order valence-corrected chi connectivity index (χ0v) is 14.1. The fraction of sp³-hybridized carbons (Fsp3) is 0.385. The van der Waals surface area contributed by atoms with Crippen LogP contribution in [-0.2, 0) is 12.7 Å². The van der Waals surface area contributed by atoms with E-state index < -0.39 is 29.4 Å². The van der Waals surface area contributed by atoms with E-state index in [0.29, 0.717) is 0 Å². The second kappa shape index (κ2) is 6.41. The first-order chi connectivity index (χ1) is 10.2. The number of alkyl halides is 3. The lowest BCUT2D eigenvalue weighted by atomic mass is 10.2. The maximum atomic E-state index is 13.2. The summed E-state index contributed by atoms with van der Waals surface area (Å²) in [6.07, 6.45) is -3.68. The van der Waals surface area contributed by atoms with Gasteiger partial charge < -0.3 is 5.32 Å². The minimum absolute atomic E-state index is 0.166. The van der Waals surface area contributed by atoms with Gasteiger partial charge in [0, 0.05) is 10.9 Å².